The van der Waals surface area contributed by atoms with Gasteiger partial charge in [0.15, 0.2) is 0 Å². The fourth-order valence-corrected chi connectivity index (χ4v) is 18.2. The fourth-order valence-electron chi connectivity index (χ4n) is 17.6. The van der Waals surface area contributed by atoms with Crippen molar-refractivity contribution in [2.75, 3.05) is 88.6 Å². The number of hydrogen-bond donors (Lipinski definition) is 3. The molecule has 0 aromatic rings. The molecule has 614 valence electrons. The molecule has 4 saturated carbocycles. The maximum Gasteiger partial charge on any atom is 0.393 e. The third-order valence-electron chi connectivity index (χ3n) is 25.5. The van der Waals surface area contributed by atoms with E-state index in [2.05, 4.69) is 16.0 Å². The van der Waals surface area contributed by atoms with Crippen molar-refractivity contribution in [3.63, 3.8) is 0 Å². The molecule has 8 rings (SSSR count). The van der Waals surface area contributed by atoms with Crippen LogP contribution in [0.4, 0.5) is 22.0 Å². The first-order valence-corrected chi connectivity index (χ1v) is 40.4. The minimum absolute atomic E-state index is 0.000214. The van der Waals surface area contributed by atoms with Crippen LogP contribution in [-0.2, 0) is 62.3 Å². The van der Waals surface area contributed by atoms with Crippen molar-refractivity contribution in [3.05, 3.63) is 0 Å². The topological polar surface area (TPSA) is 290 Å². The molecule has 109 heavy (non-hydrogen) atoms. The van der Waals surface area contributed by atoms with E-state index in [1.54, 1.807) is 6.92 Å². The van der Waals surface area contributed by atoms with Crippen LogP contribution >= 0.6 is 11.6 Å². The Morgan fingerprint density at radius 3 is 1.76 bits per heavy atom. The first-order valence-electron chi connectivity index (χ1n) is 39.9. The van der Waals surface area contributed by atoms with Gasteiger partial charge in [-0.3, -0.25) is 62.3 Å². The standard InChI is InChI=1S/C77H121ClF5N13O13/c1-13-47(4)63-72(107)88(7)48(5)67(102)96-37-30-55(96)70(105)91(10)58(42-49-22-15-14-16-23-49)69(104)87(6)45-60(97)84-54(29-27-50-26-28-52(53(78)41-50)77(81,82)83)68(103)90(9)57(43-62(99)94-38-33-76(79,80)34-39-94)66(101)86-75(31-19-20-32-75)74(109)93(12)64(51-24-17-18-25-51)73(108)92(11)59(71(106)95-35-21-36-95)44-61(98)89(8)56(40-46(2)3)65(100)85-63/h46-59,63-64H,13-45H2,1-12H3,(H,84,97)(H,85,100)(H,86,101)/t47-,48-,50?,52?,53?,54-,55-,56-,57-,58-,59-,63-,64-/m0/s1. The Bertz CT molecular complexity index is 3290. The monoisotopic (exact) mass is 1570 g/mol. The van der Waals surface area contributed by atoms with Gasteiger partial charge in [-0.25, -0.2) is 8.78 Å². The molecule has 0 bridgehead atoms. The molecule has 0 aromatic heterocycles. The van der Waals surface area contributed by atoms with Crippen LogP contribution in [0.25, 0.3) is 0 Å². The Hall–Kier alpha value is -6.95. The molecule has 4 aliphatic heterocycles. The van der Waals surface area contributed by atoms with Crippen molar-refractivity contribution >= 4 is 88.4 Å². The summed E-state index contributed by atoms with van der Waals surface area (Å²) < 4.78 is 71.9. The van der Waals surface area contributed by atoms with E-state index in [-0.39, 0.29) is 82.6 Å². The van der Waals surface area contributed by atoms with Gasteiger partial charge in [-0.05, 0) is 120 Å². The number of nitrogens with zero attached hydrogens (tertiary/aromatic N) is 10. The number of hydrogen-bond acceptors (Lipinski definition) is 13. The second-order valence-corrected chi connectivity index (χ2v) is 33.9. The van der Waals surface area contributed by atoms with Crippen LogP contribution in [0.2, 0.25) is 0 Å². The quantitative estimate of drug-likeness (QED) is 0.134. The number of fused-ring (bicyclic) bond motifs is 1. The number of carbonyl (C=O) groups excluding carboxylic acids is 13. The van der Waals surface area contributed by atoms with E-state index >= 15 is 28.8 Å². The number of rotatable bonds is 13. The van der Waals surface area contributed by atoms with Crippen LogP contribution in [0, 0.1) is 35.5 Å². The predicted molar refractivity (Wildman–Crippen MR) is 395 cm³/mol. The molecule has 8 fully saturated rings. The summed E-state index contributed by atoms with van der Waals surface area (Å²) in [7, 11) is 9.62. The lowest BCUT2D eigenvalue weighted by molar-refractivity contribution is -0.182. The average Bonchev–Trinajstić information content (AvgIpc) is 1.76. The number of halogens is 6. The van der Waals surface area contributed by atoms with Crippen molar-refractivity contribution in [1.29, 1.82) is 0 Å². The van der Waals surface area contributed by atoms with Gasteiger partial charge < -0.3 is 64.9 Å². The number of piperidine rings is 1. The second kappa shape index (κ2) is 37.6. The lowest BCUT2D eigenvalue weighted by atomic mass is 9.78. The van der Waals surface area contributed by atoms with Gasteiger partial charge >= 0.3 is 6.18 Å². The Balaban J connectivity index is 1.21. The number of likely N-dealkylation sites (tertiary alicyclic amines) is 2. The molecule has 26 nitrogen and oxygen atoms in total. The van der Waals surface area contributed by atoms with Crippen LogP contribution in [0.1, 0.15) is 208 Å². The number of carbonyl (C=O) groups is 13. The Kier molecular flexibility index (Phi) is 30.2. The molecule has 8 aliphatic rings. The second-order valence-electron chi connectivity index (χ2n) is 33.4. The van der Waals surface area contributed by atoms with E-state index < -0.39 is 223 Å². The third kappa shape index (κ3) is 21.0. The summed E-state index contributed by atoms with van der Waals surface area (Å²) in [4.78, 5) is 209. The van der Waals surface area contributed by atoms with Gasteiger partial charge in [0.1, 0.15) is 59.9 Å². The molecular formula is C77H121ClF5N13O13. The maximum absolute atomic E-state index is 15.9. The fraction of sp³-hybridized carbons (Fsp3) is 0.831. The maximum atomic E-state index is 15.9. The van der Waals surface area contributed by atoms with Gasteiger partial charge in [-0.2, -0.15) is 13.2 Å². The van der Waals surface area contributed by atoms with Crippen LogP contribution in [0.3, 0.4) is 0 Å². The van der Waals surface area contributed by atoms with E-state index in [9.17, 15) is 55.5 Å². The lowest BCUT2D eigenvalue weighted by Gasteiger charge is -2.45. The van der Waals surface area contributed by atoms with Crippen molar-refractivity contribution in [2.45, 2.75) is 285 Å². The highest BCUT2D eigenvalue weighted by molar-refractivity contribution is 6.21. The molecule has 13 amide bonds. The zero-order valence-electron chi connectivity index (χ0n) is 66.1. The van der Waals surface area contributed by atoms with E-state index in [1.807, 2.05) is 20.8 Å². The molecule has 32 heteroatoms. The van der Waals surface area contributed by atoms with E-state index in [4.69, 9.17) is 11.6 Å². The molecule has 13 atom stereocenters. The minimum atomic E-state index is -4.59. The Morgan fingerprint density at radius 2 is 1.20 bits per heavy atom. The Labute approximate surface area is 644 Å². The number of alkyl halides is 6. The highest BCUT2D eigenvalue weighted by atomic mass is 35.5. The molecule has 3 N–H and O–H groups in total. The van der Waals surface area contributed by atoms with Gasteiger partial charge in [0.2, 0.25) is 76.8 Å². The minimum Gasteiger partial charge on any atom is -0.343 e. The highest BCUT2D eigenvalue weighted by Gasteiger charge is 2.53. The molecule has 4 heterocycles. The first-order chi connectivity index (χ1) is 51.2. The smallest absolute Gasteiger partial charge is 0.343 e. The summed E-state index contributed by atoms with van der Waals surface area (Å²) in [5, 5.41) is 7.27. The highest BCUT2D eigenvalue weighted by Crippen LogP contribution is 2.44. The largest absolute Gasteiger partial charge is 0.393 e. The molecule has 4 saturated heterocycles. The average molecular weight is 1570 g/mol. The summed E-state index contributed by atoms with van der Waals surface area (Å²) in [6, 6.07) is -12.2. The van der Waals surface area contributed by atoms with Gasteiger partial charge in [-0.15, -0.1) is 11.6 Å². The third-order valence-corrected chi connectivity index (χ3v) is 26.0. The van der Waals surface area contributed by atoms with E-state index in [0.29, 0.717) is 64.5 Å². The Morgan fingerprint density at radius 1 is 0.587 bits per heavy atom. The number of amides is 13. The summed E-state index contributed by atoms with van der Waals surface area (Å²) in [5.41, 5.74) is -1.82. The molecule has 4 aliphatic carbocycles. The molecular weight excluding hydrogens is 1450 g/mol. The van der Waals surface area contributed by atoms with Crippen LogP contribution in [0.5, 0.6) is 0 Å². The molecule has 0 radical (unpaired) electrons. The summed E-state index contributed by atoms with van der Waals surface area (Å²) in [5.74, 6) is -16.3. The predicted octanol–water partition coefficient (Wildman–Crippen LogP) is 6.33. The summed E-state index contributed by atoms with van der Waals surface area (Å²) in [6.07, 6.45) is 0.621. The number of nitrogens with one attached hydrogen (secondary N) is 3. The number of likely N-dealkylation sites (N-methyl/N-ethyl adjacent to an activating group) is 7. The van der Waals surface area contributed by atoms with Crippen molar-refractivity contribution < 1.29 is 84.3 Å². The molecule has 0 aromatic carbocycles. The van der Waals surface area contributed by atoms with Crippen LogP contribution in [0.15, 0.2) is 0 Å². The molecule has 3 unspecified atom stereocenters. The zero-order valence-corrected chi connectivity index (χ0v) is 66.9. The van der Waals surface area contributed by atoms with Crippen LogP contribution < -0.4 is 16.0 Å². The van der Waals surface area contributed by atoms with Crippen molar-refractivity contribution in [3.8, 4) is 0 Å². The van der Waals surface area contributed by atoms with Gasteiger partial charge in [0.05, 0.1) is 25.3 Å². The van der Waals surface area contributed by atoms with Crippen molar-refractivity contribution in [2.24, 2.45) is 35.5 Å². The first kappa shape index (κ1) is 87.6. The zero-order chi connectivity index (χ0) is 80.5. The SMILES string of the molecule is CC[C@H](C)[C@@H]1NC(=O)[C@H](CC(C)C)N(C)C(=O)C[C@@H](C(=O)N2CCC2)N(C)C(=O)[C@H](C2CCCC2)N(C)C(=O)C2(CCCC2)NC(=O)[C@H](CC(=O)N2CCC(F)(F)CC2)N(C)C(=O)[C@H](CCC2CCC(C(F)(F)F)C(Cl)C2)NC(=O)CN(C)C(=O)[C@H](CC2CCCCC2)N(C)C(=O)[C@@H]2CCN2C(=O)[C@H](C)N(C)C1=O. The normalized spacial score (nSPS) is 30.9. The lowest BCUT2D eigenvalue weighted by Crippen LogP contribution is -2.66. The summed E-state index contributed by atoms with van der Waals surface area (Å²) >= 11 is 6.43. The van der Waals surface area contributed by atoms with E-state index in [0.717, 1.165) is 46.8 Å². The van der Waals surface area contributed by atoms with E-state index in [1.165, 1.54) is 90.6 Å². The summed E-state index contributed by atoms with van der Waals surface area (Å²) in [6.45, 7) is 8.01. The van der Waals surface area contributed by atoms with Gasteiger partial charge in [-0.1, -0.05) is 91.9 Å². The van der Waals surface area contributed by atoms with Crippen molar-refractivity contribution in [1.82, 2.24) is 64.9 Å². The molecule has 1 spiro atoms. The van der Waals surface area contributed by atoms with Gasteiger partial charge in [0.25, 0.3) is 5.92 Å². The van der Waals surface area contributed by atoms with Crippen LogP contribution in [-0.4, -0.2) is 292 Å². The van der Waals surface area contributed by atoms with Gasteiger partial charge in [0, 0.05) is 100 Å².